The summed E-state index contributed by atoms with van der Waals surface area (Å²) >= 11 is 1.42. The molecular formula is C21H24N2O4S. The van der Waals surface area contributed by atoms with Crippen molar-refractivity contribution in [3.8, 4) is 16.9 Å². The molecule has 0 aliphatic heterocycles. The minimum atomic E-state index is -0.699. The number of rotatable bonds is 6. The summed E-state index contributed by atoms with van der Waals surface area (Å²) < 4.78 is 12.0. The number of hydrogen-bond acceptors (Lipinski definition) is 6. The summed E-state index contributed by atoms with van der Waals surface area (Å²) in [4.78, 5) is 31.2. The third kappa shape index (κ3) is 3.67. The second-order valence-corrected chi connectivity index (χ2v) is 7.66. The van der Waals surface area contributed by atoms with Crippen LogP contribution in [0.3, 0.4) is 0 Å². The lowest BCUT2D eigenvalue weighted by Crippen LogP contribution is -2.34. The molecular weight excluding hydrogens is 376 g/mol. The molecule has 2 heterocycles. The Labute approximate surface area is 167 Å². The Morgan fingerprint density at radius 2 is 1.93 bits per heavy atom. The van der Waals surface area contributed by atoms with Crippen molar-refractivity contribution in [2.24, 2.45) is 0 Å². The van der Waals surface area contributed by atoms with Crippen LogP contribution in [0.5, 0.6) is 5.75 Å². The molecule has 0 bridgehead atoms. The Morgan fingerprint density at radius 3 is 2.50 bits per heavy atom. The number of hydrogen-bond donors (Lipinski definition) is 0. The lowest BCUT2D eigenvalue weighted by Gasteiger charge is -2.20. The Bertz CT molecular complexity index is 1050. The minimum absolute atomic E-state index is 0.220. The quantitative estimate of drug-likeness (QED) is 0.576. The third-order valence-corrected chi connectivity index (χ3v) is 5.41. The lowest BCUT2D eigenvalue weighted by atomic mass is 10.1. The molecule has 3 aromatic rings. The van der Waals surface area contributed by atoms with E-state index in [4.69, 9.17) is 9.47 Å². The van der Waals surface area contributed by atoms with Gasteiger partial charge in [-0.1, -0.05) is 19.1 Å². The summed E-state index contributed by atoms with van der Waals surface area (Å²) in [5.41, 5.74) is 1.49. The molecule has 28 heavy (non-hydrogen) atoms. The molecule has 0 aliphatic carbocycles. The molecule has 7 heteroatoms. The van der Waals surface area contributed by atoms with Gasteiger partial charge in [0.05, 0.1) is 18.6 Å². The van der Waals surface area contributed by atoms with Gasteiger partial charge in [0.1, 0.15) is 22.4 Å². The van der Waals surface area contributed by atoms with Gasteiger partial charge in [-0.05, 0) is 44.9 Å². The fourth-order valence-corrected chi connectivity index (χ4v) is 4.20. The van der Waals surface area contributed by atoms with Gasteiger partial charge in [-0.2, -0.15) is 0 Å². The zero-order valence-electron chi connectivity index (χ0n) is 16.7. The standard InChI is InChI=1S/C21H24N2O4S/c1-6-17(21(25)27-12(2)3)23-13(4)22-19-18(20(23)24)16(11-28-19)14-7-9-15(26-5)10-8-14/h7-12,17H,6H2,1-5H3. The van der Waals surface area contributed by atoms with Gasteiger partial charge >= 0.3 is 5.97 Å². The Balaban J connectivity index is 2.17. The fraction of sp³-hybridized carbons (Fsp3) is 0.381. The van der Waals surface area contributed by atoms with Crippen LogP contribution < -0.4 is 10.3 Å². The van der Waals surface area contributed by atoms with Gasteiger partial charge in [-0.15, -0.1) is 11.3 Å². The fourth-order valence-electron chi connectivity index (χ4n) is 3.22. The van der Waals surface area contributed by atoms with E-state index in [1.165, 1.54) is 15.9 Å². The van der Waals surface area contributed by atoms with Crippen molar-refractivity contribution >= 4 is 27.5 Å². The normalized spacial score (nSPS) is 12.4. The zero-order chi connectivity index (χ0) is 20.4. The molecule has 1 aromatic carbocycles. The number of nitrogens with zero attached hydrogens (tertiary/aromatic N) is 2. The van der Waals surface area contributed by atoms with Gasteiger partial charge in [0, 0.05) is 10.9 Å². The molecule has 148 valence electrons. The highest BCUT2D eigenvalue weighted by molar-refractivity contribution is 7.17. The van der Waals surface area contributed by atoms with Crippen molar-refractivity contribution in [1.82, 2.24) is 9.55 Å². The third-order valence-electron chi connectivity index (χ3n) is 4.54. The first-order valence-corrected chi connectivity index (χ1v) is 10.1. The average molecular weight is 401 g/mol. The van der Waals surface area contributed by atoms with Crippen LogP contribution >= 0.6 is 11.3 Å². The molecule has 1 unspecified atom stereocenters. The van der Waals surface area contributed by atoms with Crippen LogP contribution in [-0.2, 0) is 9.53 Å². The number of ether oxygens (including phenoxy) is 2. The van der Waals surface area contributed by atoms with Crippen LogP contribution in [0.2, 0.25) is 0 Å². The molecule has 0 radical (unpaired) electrons. The van der Waals surface area contributed by atoms with Gasteiger partial charge < -0.3 is 9.47 Å². The van der Waals surface area contributed by atoms with E-state index >= 15 is 0 Å². The smallest absolute Gasteiger partial charge is 0.329 e. The summed E-state index contributed by atoms with van der Waals surface area (Å²) in [5.74, 6) is 0.843. The van der Waals surface area contributed by atoms with E-state index in [1.807, 2.05) is 36.6 Å². The SMILES string of the molecule is CCC(C(=O)OC(C)C)n1c(C)nc2scc(-c3ccc(OC)cc3)c2c1=O. The van der Waals surface area contributed by atoms with Crippen LogP contribution in [0.1, 0.15) is 39.1 Å². The van der Waals surface area contributed by atoms with Crippen LogP contribution in [0, 0.1) is 6.92 Å². The summed E-state index contributed by atoms with van der Waals surface area (Å²) in [5, 5.41) is 2.45. The number of thiophene rings is 1. The molecule has 3 rings (SSSR count). The Hall–Kier alpha value is -2.67. The first-order valence-electron chi connectivity index (χ1n) is 9.22. The molecule has 0 amide bonds. The summed E-state index contributed by atoms with van der Waals surface area (Å²) in [6.07, 6.45) is 0.201. The molecule has 6 nitrogen and oxygen atoms in total. The van der Waals surface area contributed by atoms with E-state index in [-0.39, 0.29) is 11.7 Å². The number of aromatic nitrogens is 2. The molecule has 0 aliphatic rings. The first kappa shape index (κ1) is 20.1. The van der Waals surface area contributed by atoms with Crippen LogP contribution in [0.25, 0.3) is 21.3 Å². The molecule has 0 saturated heterocycles. The van der Waals surface area contributed by atoms with E-state index in [0.29, 0.717) is 22.5 Å². The maximum Gasteiger partial charge on any atom is 0.329 e. The zero-order valence-corrected chi connectivity index (χ0v) is 17.5. The van der Waals surface area contributed by atoms with Gasteiger partial charge in [0.2, 0.25) is 0 Å². The van der Waals surface area contributed by atoms with Crippen molar-refractivity contribution in [2.45, 2.75) is 46.3 Å². The second kappa shape index (κ2) is 8.14. The molecule has 1 atom stereocenters. The van der Waals surface area contributed by atoms with Crippen molar-refractivity contribution < 1.29 is 14.3 Å². The van der Waals surface area contributed by atoms with E-state index in [1.54, 1.807) is 27.9 Å². The van der Waals surface area contributed by atoms with Crippen LogP contribution in [0.15, 0.2) is 34.4 Å². The number of esters is 1. The molecule has 2 aromatic heterocycles. The van der Waals surface area contributed by atoms with E-state index in [0.717, 1.165) is 16.9 Å². The topological polar surface area (TPSA) is 70.4 Å². The average Bonchev–Trinajstić information content (AvgIpc) is 3.08. The summed E-state index contributed by atoms with van der Waals surface area (Å²) in [6.45, 7) is 7.20. The van der Waals surface area contributed by atoms with Crippen LogP contribution in [0.4, 0.5) is 0 Å². The number of methoxy groups -OCH3 is 1. The van der Waals surface area contributed by atoms with E-state index < -0.39 is 12.0 Å². The van der Waals surface area contributed by atoms with E-state index in [9.17, 15) is 9.59 Å². The number of fused-ring (bicyclic) bond motifs is 1. The highest BCUT2D eigenvalue weighted by Gasteiger charge is 2.26. The predicted octanol–water partition coefficient (Wildman–Crippen LogP) is 4.34. The maximum atomic E-state index is 13.4. The number of carbonyl (C=O) groups excluding carboxylic acids is 1. The second-order valence-electron chi connectivity index (χ2n) is 6.80. The number of carbonyl (C=O) groups is 1. The van der Waals surface area contributed by atoms with Crippen LogP contribution in [-0.4, -0.2) is 28.7 Å². The first-order chi connectivity index (χ1) is 13.4. The largest absolute Gasteiger partial charge is 0.497 e. The molecule has 0 spiro atoms. The minimum Gasteiger partial charge on any atom is -0.497 e. The van der Waals surface area contributed by atoms with Crippen molar-refractivity contribution in [2.75, 3.05) is 7.11 Å². The van der Waals surface area contributed by atoms with Gasteiger partial charge in [0.25, 0.3) is 5.56 Å². The van der Waals surface area contributed by atoms with Gasteiger partial charge in [0.15, 0.2) is 0 Å². The van der Waals surface area contributed by atoms with Crippen molar-refractivity contribution in [1.29, 1.82) is 0 Å². The summed E-state index contributed by atoms with van der Waals surface area (Å²) in [6, 6.07) is 6.83. The van der Waals surface area contributed by atoms with Gasteiger partial charge in [-0.25, -0.2) is 9.78 Å². The highest BCUT2D eigenvalue weighted by atomic mass is 32.1. The van der Waals surface area contributed by atoms with E-state index in [2.05, 4.69) is 4.98 Å². The van der Waals surface area contributed by atoms with Crippen molar-refractivity contribution in [3.05, 3.63) is 45.8 Å². The number of benzene rings is 1. The summed E-state index contributed by atoms with van der Waals surface area (Å²) in [7, 11) is 1.61. The molecule has 0 saturated carbocycles. The lowest BCUT2D eigenvalue weighted by molar-refractivity contribution is -0.151. The number of aryl methyl sites for hydroxylation is 1. The molecule has 0 N–H and O–H groups in total. The Kier molecular flexibility index (Phi) is 5.84. The van der Waals surface area contributed by atoms with Gasteiger partial charge in [-0.3, -0.25) is 9.36 Å². The highest BCUT2D eigenvalue weighted by Crippen LogP contribution is 2.32. The maximum absolute atomic E-state index is 13.4. The predicted molar refractivity (Wildman–Crippen MR) is 111 cm³/mol. The van der Waals surface area contributed by atoms with Crippen molar-refractivity contribution in [3.63, 3.8) is 0 Å². The Morgan fingerprint density at radius 1 is 1.25 bits per heavy atom. The molecule has 0 fully saturated rings. The monoisotopic (exact) mass is 400 g/mol.